The van der Waals surface area contributed by atoms with Gasteiger partial charge in [0.2, 0.25) is 0 Å². The van der Waals surface area contributed by atoms with Gasteiger partial charge < -0.3 is 24.4 Å². The van der Waals surface area contributed by atoms with Crippen molar-refractivity contribution < 1.29 is 24.4 Å². The van der Waals surface area contributed by atoms with E-state index in [1.807, 2.05) is 0 Å². The average Bonchev–Trinajstić information content (AvgIpc) is 2.34. The van der Waals surface area contributed by atoms with Gasteiger partial charge in [0.1, 0.15) is 24.4 Å². The first-order valence-electron chi connectivity index (χ1n) is 3.90. The maximum Gasteiger partial charge on any atom is 0.184 e. The first-order valence-corrected chi connectivity index (χ1v) is 3.90. The molecule has 0 aromatic carbocycles. The van der Waals surface area contributed by atoms with Crippen molar-refractivity contribution in [2.45, 2.75) is 30.7 Å². The minimum absolute atomic E-state index is 0.322. The molecule has 2 saturated heterocycles. The Morgan fingerprint density at radius 1 is 1.42 bits per heavy atom. The fraction of sp³-hybridized carbons (Fsp3) is 1.00. The van der Waals surface area contributed by atoms with Crippen LogP contribution in [0.25, 0.3) is 0 Å². The molecule has 0 aliphatic carbocycles. The molecule has 2 fully saturated rings. The molecule has 5 heteroatoms. The smallest absolute Gasteiger partial charge is 0.184 e. The van der Waals surface area contributed by atoms with E-state index in [4.69, 9.17) is 14.2 Å². The van der Waals surface area contributed by atoms with Crippen molar-refractivity contribution in [1.82, 2.24) is 0 Å². The van der Waals surface area contributed by atoms with Crippen LogP contribution in [0.3, 0.4) is 0 Å². The highest BCUT2D eigenvalue weighted by molar-refractivity contribution is 4.95. The van der Waals surface area contributed by atoms with Crippen LogP contribution >= 0.6 is 0 Å². The van der Waals surface area contributed by atoms with Crippen LogP contribution in [-0.2, 0) is 14.2 Å². The summed E-state index contributed by atoms with van der Waals surface area (Å²) in [6, 6.07) is 0. The summed E-state index contributed by atoms with van der Waals surface area (Å²) in [5.74, 6) is 0. The second-order valence-electron chi connectivity index (χ2n) is 3.05. The van der Waals surface area contributed by atoms with Crippen molar-refractivity contribution in [3.05, 3.63) is 0 Å². The van der Waals surface area contributed by atoms with E-state index in [2.05, 4.69) is 0 Å². The highest BCUT2D eigenvalue weighted by atomic mass is 16.7. The predicted molar refractivity (Wildman–Crippen MR) is 37.4 cm³/mol. The standard InChI is InChI=1S/C7H12O5/c1-10-6-5-4(8)3(2-11-5)12-7(6)9/h3-9H,2H2,1H3/t3-,4+,5+,6-,7?/m0/s1. The molecule has 5 atom stereocenters. The van der Waals surface area contributed by atoms with E-state index in [1.54, 1.807) is 0 Å². The minimum atomic E-state index is -0.990. The molecule has 0 amide bonds. The lowest BCUT2D eigenvalue weighted by atomic mass is 10.0. The minimum Gasteiger partial charge on any atom is -0.387 e. The third-order valence-corrected chi connectivity index (χ3v) is 2.36. The van der Waals surface area contributed by atoms with Crippen molar-refractivity contribution in [2.24, 2.45) is 0 Å². The third kappa shape index (κ3) is 1.06. The van der Waals surface area contributed by atoms with Gasteiger partial charge in [0.25, 0.3) is 0 Å². The first kappa shape index (κ1) is 8.40. The van der Waals surface area contributed by atoms with Crippen LogP contribution in [0.5, 0.6) is 0 Å². The lowest BCUT2D eigenvalue weighted by Gasteiger charge is -2.34. The molecule has 2 N–H and O–H groups in total. The molecule has 0 aromatic rings. The first-order chi connectivity index (χ1) is 5.74. The van der Waals surface area contributed by atoms with Gasteiger partial charge in [-0.3, -0.25) is 0 Å². The lowest BCUT2D eigenvalue weighted by molar-refractivity contribution is -0.249. The van der Waals surface area contributed by atoms with E-state index in [-0.39, 0.29) is 0 Å². The lowest BCUT2D eigenvalue weighted by Crippen LogP contribution is -2.53. The summed E-state index contributed by atoms with van der Waals surface area (Å²) in [4.78, 5) is 0. The molecule has 70 valence electrons. The van der Waals surface area contributed by atoms with E-state index < -0.39 is 30.7 Å². The number of aliphatic hydroxyl groups excluding tert-OH is 2. The maximum atomic E-state index is 9.49. The normalized spacial score (nSPS) is 52.8. The van der Waals surface area contributed by atoms with E-state index >= 15 is 0 Å². The van der Waals surface area contributed by atoms with Crippen LogP contribution in [0.2, 0.25) is 0 Å². The molecule has 12 heavy (non-hydrogen) atoms. The molecule has 5 nitrogen and oxygen atoms in total. The number of fused-ring (bicyclic) bond motifs is 2. The fourth-order valence-electron chi connectivity index (χ4n) is 1.69. The van der Waals surface area contributed by atoms with Crippen molar-refractivity contribution >= 4 is 0 Å². The van der Waals surface area contributed by atoms with Gasteiger partial charge in [0, 0.05) is 7.11 Å². The molecule has 0 aromatic heterocycles. The molecule has 0 saturated carbocycles. The Balaban J connectivity index is 2.14. The Morgan fingerprint density at radius 3 is 2.83 bits per heavy atom. The van der Waals surface area contributed by atoms with Gasteiger partial charge in [-0.15, -0.1) is 0 Å². The summed E-state index contributed by atoms with van der Waals surface area (Å²) in [5, 5.41) is 18.8. The van der Waals surface area contributed by atoms with E-state index in [0.29, 0.717) is 6.61 Å². The number of hydrogen-bond donors (Lipinski definition) is 2. The van der Waals surface area contributed by atoms with Crippen LogP contribution < -0.4 is 0 Å². The Kier molecular flexibility index (Phi) is 2.05. The van der Waals surface area contributed by atoms with Crippen molar-refractivity contribution in [1.29, 1.82) is 0 Å². The van der Waals surface area contributed by atoms with Crippen LogP contribution in [0.15, 0.2) is 0 Å². The van der Waals surface area contributed by atoms with E-state index in [0.717, 1.165) is 0 Å². The van der Waals surface area contributed by atoms with Crippen molar-refractivity contribution in [3.8, 4) is 0 Å². The zero-order valence-corrected chi connectivity index (χ0v) is 6.71. The van der Waals surface area contributed by atoms with Crippen molar-refractivity contribution in [2.75, 3.05) is 13.7 Å². The van der Waals surface area contributed by atoms with Crippen LogP contribution in [0.1, 0.15) is 0 Å². The molecular formula is C7H12O5. The maximum absolute atomic E-state index is 9.49. The van der Waals surface area contributed by atoms with E-state index in [9.17, 15) is 10.2 Å². The topological polar surface area (TPSA) is 68.2 Å². The highest BCUT2D eigenvalue weighted by Crippen LogP contribution is 2.29. The second-order valence-corrected chi connectivity index (χ2v) is 3.05. The fourth-order valence-corrected chi connectivity index (χ4v) is 1.69. The second kappa shape index (κ2) is 2.93. The summed E-state index contributed by atoms with van der Waals surface area (Å²) < 4.78 is 15.2. The van der Waals surface area contributed by atoms with Crippen molar-refractivity contribution in [3.63, 3.8) is 0 Å². The monoisotopic (exact) mass is 176 g/mol. The molecule has 0 radical (unpaired) electrons. The molecule has 1 unspecified atom stereocenters. The molecule has 0 spiro atoms. The molecule has 2 aliphatic rings. The van der Waals surface area contributed by atoms with E-state index in [1.165, 1.54) is 7.11 Å². The van der Waals surface area contributed by atoms with Gasteiger partial charge in [-0.05, 0) is 0 Å². The molecular weight excluding hydrogens is 164 g/mol. The number of hydrogen-bond acceptors (Lipinski definition) is 5. The van der Waals surface area contributed by atoms with Crippen LogP contribution in [0.4, 0.5) is 0 Å². The Labute approximate surface area is 69.8 Å². The summed E-state index contributed by atoms with van der Waals surface area (Å²) in [5.41, 5.74) is 0. The van der Waals surface area contributed by atoms with Gasteiger partial charge in [0.05, 0.1) is 6.61 Å². The Hall–Kier alpha value is -0.200. The number of ether oxygens (including phenoxy) is 3. The SMILES string of the molecule is CO[C@@H]1C(O)O[C@H]2CO[C@@H]1[C@@H]2O. The zero-order chi connectivity index (χ0) is 8.72. The Morgan fingerprint density at radius 2 is 2.17 bits per heavy atom. The average molecular weight is 176 g/mol. The summed E-state index contributed by atoms with van der Waals surface area (Å²) in [6.07, 6.45) is -3.12. The van der Waals surface area contributed by atoms with Gasteiger partial charge in [-0.1, -0.05) is 0 Å². The number of rotatable bonds is 1. The van der Waals surface area contributed by atoms with Crippen LogP contribution in [-0.4, -0.2) is 54.6 Å². The number of aliphatic hydroxyl groups is 2. The van der Waals surface area contributed by atoms with Gasteiger partial charge >= 0.3 is 0 Å². The zero-order valence-electron chi connectivity index (χ0n) is 6.71. The third-order valence-electron chi connectivity index (χ3n) is 2.36. The predicted octanol–water partition coefficient (Wildman–Crippen LogP) is -1.52. The summed E-state index contributed by atoms with van der Waals surface area (Å²) in [6.45, 7) is 0.322. The number of methoxy groups -OCH3 is 1. The summed E-state index contributed by atoms with van der Waals surface area (Å²) >= 11 is 0. The summed E-state index contributed by atoms with van der Waals surface area (Å²) in [7, 11) is 1.45. The highest BCUT2D eigenvalue weighted by Gasteiger charge is 2.50. The molecule has 2 bridgehead atoms. The molecule has 2 heterocycles. The van der Waals surface area contributed by atoms with Gasteiger partial charge in [-0.2, -0.15) is 0 Å². The molecule has 2 aliphatic heterocycles. The Bertz CT molecular complexity index is 173. The molecule has 2 rings (SSSR count). The van der Waals surface area contributed by atoms with Crippen LogP contribution in [0, 0.1) is 0 Å². The largest absolute Gasteiger partial charge is 0.387 e. The quantitative estimate of drug-likeness (QED) is 0.507. The van der Waals surface area contributed by atoms with Gasteiger partial charge in [0.15, 0.2) is 6.29 Å². The van der Waals surface area contributed by atoms with Gasteiger partial charge in [-0.25, -0.2) is 0 Å².